The number of benzene rings is 2. The fourth-order valence-corrected chi connectivity index (χ4v) is 3.62. The molecule has 154 valence electrons. The highest BCUT2D eigenvalue weighted by Crippen LogP contribution is 2.30. The second-order valence-electron chi connectivity index (χ2n) is 6.42. The fourth-order valence-electron chi connectivity index (χ4n) is 2.80. The summed E-state index contributed by atoms with van der Waals surface area (Å²) in [7, 11) is 0. The Kier molecular flexibility index (Phi) is 5.42. The minimum Gasteiger partial charge on any atom is -0.478 e. The highest BCUT2D eigenvalue weighted by Gasteiger charge is 2.24. The van der Waals surface area contributed by atoms with Crippen LogP contribution in [0.25, 0.3) is 17.4 Å². The van der Waals surface area contributed by atoms with E-state index in [1.54, 1.807) is 42.5 Å². The standard InChI is InChI=1S/C22H14N2O6S/c25-19-18(31-22(24-19)23-15-3-1-2-14(10-15)21(28)29)11-16-8-9-17(30-16)12-4-6-13(7-5-12)20(26)27/h1-11H,(H,26,27)(H,28,29)(H,23,24,25)/b18-11-. The molecule has 1 aromatic heterocycles. The van der Waals surface area contributed by atoms with Gasteiger partial charge in [-0.05, 0) is 54.2 Å². The SMILES string of the molecule is O=C1NC(=Nc2cccc(C(=O)O)c2)S/C1=C\c1ccc(-c2ccc(C(=O)O)cc2)o1. The van der Waals surface area contributed by atoms with Crippen LogP contribution >= 0.6 is 11.8 Å². The first-order valence-corrected chi connectivity index (χ1v) is 9.77. The molecule has 0 unspecified atom stereocenters. The molecule has 3 aromatic rings. The monoisotopic (exact) mass is 434 g/mol. The van der Waals surface area contributed by atoms with Crippen LogP contribution in [0.5, 0.6) is 0 Å². The number of nitrogens with one attached hydrogen (secondary N) is 1. The van der Waals surface area contributed by atoms with Gasteiger partial charge >= 0.3 is 11.9 Å². The quantitative estimate of drug-likeness (QED) is 0.512. The van der Waals surface area contributed by atoms with Crippen molar-refractivity contribution in [2.75, 3.05) is 0 Å². The minimum absolute atomic E-state index is 0.103. The summed E-state index contributed by atoms with van der Waals surface area (Å²) in [6, 6.07) is 15.8. The predicted octanol–water partition coefficient (Wildman–Crippen LogP) is 4.23. The molecule has 1 aliphatic heterocycles. The molecule has 0 radical (unpaired) electrons. The van der Waals surface area contributed by atoms with Crippen LogP contribution < -0.4 is 5.32 Å². The summed E-state index contributed by atoms with van der Waals surface area (Å²) in [6.07, 6.45) is 1.57. The summed E-state index contributed by atoms with van der Waals surface area (Å²) in [5.41, 5.74) is 1.40. The molecule has 1 fully saturated rings. The maximum Gasteiger partial charge on any atom is 0.335 e. The van der Waals surface area contributed by atoms with Gasteiger partial charge in [-0.25, -0.2) is 14.6 Å². The van der Waals surface area contributed by atoms with Gasteiger partial charge in [-0.2, -0.15) is 0 Å². The Bertz CT molecular complexity index is 1260. The zero-order valence-electron chi connectivity index (χ0n) is 15.7. The first-order chi connectivity index (χ1) is 14.9. The lowest BCUT2D eigenvalue weighted by Gasteiger charge is -1.98. The fraction of sp³-hybridized carbons (Fsp3) is 0. The van der Waals surface area contributed by atoms with Gasteiger partial charge in [-0.3, -0.25) is 4.79 Å². The van der Waals surface area contributed by atoms with Crippen molar-refractivity contribution in [3.05, 3.63) is 82.5 Å². The molecule has 1 saturated heterocycles. The number of amidine groups is 1. The number of amides is 1. The van der Waals surface area contributed by atoms with Crippen molar-refractivity contribution in [1.82, 2.24) is 5.32 Å². The highest BCUT2D eigenvalue weighted by molar-refractivity contribution is 8.18. The van der Waals surface area contributed by atoms with Gasteiger partial charge in [0.05, 0.1) is 21.7 Å². The highest BCUT2D eigenvalue weighted by atomic mass is 32.2. The Morgan fingerprint density at radius 3 is 2.42 bits per heavy atom. The molecule has 0 saturated carbocycles. The van der Waals surface area contributed by atoms with Crippen LogP contribution in [-0.2, 0) is 4.79 Å². The van der Waals surface area contributed by atoms with Crippen LogP contribution in [0, 0.1) is 0 Å². The molecule has 0 atom stereocenters. The van der Waals surface area contributed by atoms with E-state index < -0.39 is 11.9 Å². The molecule has 1 amide bonds. The van der Waals surface area contributed by atoms with Crippen LogP contribution in [0.3, 0.4) is 0 Å². The van der Waals surface area contributed by atoms with E-state index in [9.17, 15) is 14.4 Å². The van der Waals surface area contributed by atoms with Gasteiger partial charge in [0.1, 0.15) is 11.5 Å². The third-order valence-electron chi connectivity index (χ3n) is 4.29. The lowest BCUT2D eigenvalue weighted by Crippen LogP contribution is -2.19. The third-order valence-corrected chi connectivity index (χ3v) is 5.20. The Morgan fingerprint density at radius 1 is 0.968 bits per heavy atom. The van der Waals surface area contributed by atoms with Crippen molar-refractivity contribution in [3.63, 3.8) is 0 Å². The van der Waals surface area contributed by atoms with Gasteiger partial charge in [0.15, 0.2) is 5.17 Å². The number of nitrogens with zero attached hydrogens (tertiary/aromatic N) is 1. The average molecular weight is 434 g/mol. The molecule has 1 aliphatic rings. The van der Waals surface area contributed by atoms with Crippen LogP contribution in [0.15, 0.2) is 75.0 Å². The van der Waals surface area contributed by atoms with Gasteiger partial charge in [0.25, 0.3) is 5.91 Å². The van der Waals surface area contributed by atoms with Crippen LogP contribution in [-0.4, -0.2) is 33.2 Å². The van der Waals surface area contributed by atoms with Gasteiger partial charge in [-0.15, -0.1) is 0 Å². The summed E-state index contributed by atoms with van der Waals surface area (Å²) in [4.78, 5) is 39.0. The van der Waals surface area contributed by atoms with E-state index in [1.165, 1.54) is 24.3 Å². The topological polar surface area (TPSA) is 129 Å². The van der Waals surface area contributed by atoms with Crippen molar-refractivity contribution in [2.45, 2.75) is 0 Å². The number of thioether (sulfide) groups is 1. The van der Waals surface area contributed by atoms with Gasteiger partial charge in [0.2, 0.25) is 0 Å². The number of furan rings is 1. The number of hydrogen-bond acceptors (Lipinski definition) is 6. The first kappa shape index (κ1) is 20.2. The summed E-state index contributed by atoms with van der Waals surface area (Å²) in [5.74, 6) is -1.43. The summed E-state index contributed by atoms with van der Waals surface area (Å²) >= 11 is 1.11. The van der Waals surface area contributed by atoms with Crippen molar-refractivity contribution < 1.29 is 29.0 Å². The number of hydrogen-bond donors (Lipinski definition) is 3. The van der Waals surface area contributed by atoms with Crippen molar-refractivity contribution in [1.29, 1.82) is 0 Å². The number of aromatic carboxylic acids is 2. The Balaban J connectivity index is 1.52. The molecular weight excluding hydrogens is 420 g/mol. The molecule has 0 bridgehead atoms. The number of carbonyl (C=O) groups is 3. The second kappa shape index (κ2) is 8.33. The minimum atomic E-state index is -1.06. The van der Waals surface area contributed by atoms with Crippen molar-refractivity contribution >= 4 is 46.5 Å². The van der Waals surface area contributed by atoms with Gasteiger partial charge < -0.3 is 19.9 Å². The number of carbonyl (C=O) groups excluding carboxylic acids is 1. The number of carboxylic acid groups (broad SMARTS) is 2. The zero-order valence-corrected chi connectivity index (χ0v) is 16.6. The molecule has 0 spiro atoms. The largest absolute Gasteiger partial charge is 0.478 e. The van der Waals surface area contributed by atoms with Gasteiger partial charge in [0, 0.05) is 11.6 Å². The third kappa shape index (κ3) is 4.57. The predicted molar refractivity (Wildman–Crippen MR) is 115 cm³/mol. The first-order valence-electron chi connectivity index (χ1n) is 8.95. The van der Waals surface area contributed by atoms with E-state index in [-0.39, 0.29) is 17.0 Å². The van der Waals surface area contributed by atoms with Crippen LogP contribution in [0.4, 0.5) is 5.69 Å². The van der Waals surface area contributed by atoms with Crippen molar-refractivity contribution in [2.24, 2.45) is 4.99 Å². The average Bonchev–Trinajstić information content (AvgIpc) is 3.35. The summed E-state index contributed by atoms with van der Waals surface area (Å²) in [6.45, 7) is 0. The molecule has 9 heteroatoms. The number of carboxylic acids is 2. The number of rotatable bonds is 5. The summed E-state index contributed by atoms with van der Waals surface area (Å²) in [5, 5.41) is 21.0. The molecule has 8 nitrogen and oxygen atoms in total. The second-order valence-corrected chi connectivity index (χ2v) is 7.45. The van der Waals surface area contributed by atoms with E-state index in [0.717, 1.165) is 11.8 Å². The normalized spacial score (nSPS) is 15.9. The molecule has 3 N–H and O–H groups in total. The molecule has 2 heterocycles. The molecule has 2 aromatic carbocycles. The Hall–Kier alpha value is -4.11. The van der Waals surface area contributed by atoms with E-state index in [0.29, 0.717) is 32.8 Å². The number of aliphatic imine (C=N–C) groups is 1. The van der Waals surface area contributed by atoms with E-state index in [2.05, 4.69) is 10.3 Å². The van der Waals surface area contributed by atoms with E-state index >= 15 is 0 Å². The van der Waals surface area contributed by atoms with Crippen LogP contribution in [0.1, 0.15) is 26.5 Å². The summed E-state index contributed by atoms with van der Waals surface area (Å²) < 4.78 is 5.75. The maximum absolute atomic E-state index is 12.3. The Labute approximate surface area is 179 Å². The molecule has 31 heavy (non-hydrogen) atoms. The maximum atomic E-state index is 12.3. The Morgan fingerprint density at radius 2 is 1.71 bits per heavy atom. The molecule has 4 rings (SSSR count). The van der Waals surface area contributed by atoms with E-state index in [4.69, 9.17) is 14.6 Å². The zero-order chi connectivity index (χ0) is 22.0. The molecular formula is C22H14N2O6S. The van der Waals surface area contributed by atoms with Gasteiger partial charge in [-0.1, -0.05) is 18.2 Å². The van der Waals surface area contributed by atoms with Crippen LogP contribution in [0.2, 0.25) is 0 Å². The smallest absolute Gasteiger partial charge is 0.335 e. The van der Waals surface area contributed by atoms with Crippen molar-refractivity contribution in [3.8, 4) is 11.3 Å². The lowest BCUT2D eigenvalue weighted by atomic mass is 10.1. The van der Waals surface area contributed by atoms with E-state index in [1.807, 2.05) is 0 Å². The molecule has 0 aliphatic carbocycles. The lowest BCUT2D eigenvalue weighted by molar-refractivity contribution is -0.115.